The molecule has 6 heteroatoms. The lowest BCUT2D eigenvalue weighted by molar-refractivity contribution is -0.167. The fourth-order valence-corrected chi connectivity index (χ4v) is 9.09. The normalized spacial score (nSPS) is 12.3. The number of hydrogen-bond donors (Lipinski definition) is 0. The van der Waals surface area contributed by atoms with Gasteiger partial charge in [-0.3, -0.25) is 14.4 Å². The topological polar surface area (TPSA) is 78.9 Å². The van der Waals surface area contributed by atoms with Crippen molar-refractivity contribution in [2.24, 2.45) is 0 Å². The van der Waals surface area contributed by atoms with Crippen LogP contribution in [-0.4, -0.2) is 37.2 Å². The first-order valence-electron chi connectivity index (χ1n) is 31.1. The molecule has 0 aliphatic carbocycles. The number of allylic oxidation sites excluding steroid dienone is 8. The van der Waals surface area contributed by atoms with Crippen molar-refractivity contribution in [2.75, 3.05) is 13.2 Å². The van der Waals surface area contributed by atoms with Crippen LogP contribution in [0.5, 0.6) is 0 Å². The maximum Gasteiger partial charge on any atom is 0.306 e. The number of ether oxygens (including phenoxy) is 3. The maximum absolute atomic E-state index is 12.9. The fraction of sp³-hybridized carbons (Fsp3) is 0.831. The molecular formula is C65H118O6. The lowest BCUT2D eigenvalue weighted by atomic mass is 10.0. The molecule has 0 rings (SSSR count). The van der Waals surface area contributed by atoms with Crippen molar-refractivity contribution in [3.05, 3.63) is 48.6 Å². The summed E-state index contributed by atoms with van der Waals surface area (Å²) in [4.78, 5) is 38.3. The summed E-state index contributed by atoms with van der Waals surface area (Å²) in [5.41, 5.74) is 0. The maximum atomic E-state index is 12.9. The third-order valence-electron chi connectivity index (χ3n) is 13.8. The van der Waals surface area contributed by atoms with E-state index < -0.39 is 6.10 Å². The molecule has 0 amide bonds. The molecule has 0 aliphatic rings. The van der Waals surface area contributed by atoms with E-state index in [1.165, 1.54) is 205 Å². The number of carbonyl (C=O) groups excluding carboxylic acids is 3. The van der Waals surface area contributed by atoms with Crippen LogP contribution in [0.3, 0.4) is 0 Å². The zero-order chi connectivity index (χ0) is 51.4. The molecule has 0 fully saturated rings. The second-order valence-electron chi connectivity index (χ2n) is 21.0. The first-order chi connectivity index (χ1) is 35.0. The Bertz CT molecular complexity index is 1230. The minimum Gasteiger partial charge on any atom is -0.462 e. The van der Waals surface area contributed by atoms with Crippen LogP contribution in [-0.2, 0) is 28.6 Å². The van der Waals surface area contributed by atoms with Gasteiger partial charge in [0.25, 0.3) is 0 Å². The van der Waals surface area contributed by atoms with E-state index in [0.29, 0.717) is 19.3 Å². The predicted molar refractivity (Wildman–Crippen MR) is 307 cm³/mol. The van der Waals surface area contributed by atoms with E-state index in [1.807, 2.05) is 0 Å². The van der Waals surface area contributed by atoms with Gasteiger partial charge in [-0.15, -0.1) is 0 Å². The third kappa shape index (κ3) is 58.1. The Labute approximate surface area is 441 Å². The van der Waals surface area contributed by atoms with Gasteiger partial charge in [0.05, 0.1) is 0 Å². The van der Waals surface area contributed by atoms with E-state index in [9.17, 15) is 14.4 Å². The summed E-state index contributed by atoms with van der Waals surface area (Å²) in [6.45, 7) is 6.64. The van der Waals surface area contributed by atoms with Crippen molar-refractivity contribution in [1.82, 2.24) is 0 Å². The molecule has 71 heavy (non-hydrogen) atoms. The molecule has 414 valence electrons. The molecule has 1 atom stereocenters. The highest BCUT2D eigenvalue weighted by Crippen LogP contribution is 2.17. The van der Waals surface area contributed by atoms with Gasteiger partial charge in [0.2, 0.25) is 0 Å². The molecular weight excluding hydrogens is 877 g/mol. The average Bonchev–Trinajstić information content (AvgIpc) is 3.37. The monoisotopic (exact) mass is 995 g/mol. The third-order valence-corrected chi connectivity index (χ3v) is 13.8. The van der Waals surface area contributed by atoms with Crippen LogP contribution < -0.4 is 0 Å². The highest BCUT2D eigenvalue weighted by atomic mass is 16.6. The van der Waals surface area contributed by atoms with Gasteiger partial charge < -0.3 is 14.2 Å². The van der Waals surface area contributed by atoms with Crippen molar-refractivity contribution in [1.29, 1.82) is 0 Å². The number of carbonyl (C=O) groups is 3. The summed E-state index contributed by atoms with van der Waals surface area (Å²) in [6, 6.07) is 0. The highest BCUT2D eigenvalue weighted by Gasteiger charge is 2.19. The van der Waals surface area contributed by atoms with Gasteiger partial charge in [-0.25, -0.2) is 0 Å². The van der Waals surface area contributed by atoms with Gasteiger partial charge in [-0.1, -0.05) is 275 Å². The molecule has 0 heterocycles. The van der Waals surface area contributed by atoms with Gasteiger partial charge in [-0.05, 0) is 83.5 Å². The zero-order valence-corrected chi connectivity index (χ0v) is 47.5. The molecule has 0 bridgehead atoms. The Kier molecular flexibility index (Phi) is 57.7. The van der Waals surface area contributed by atoms with Gasteiger partial charge in [0.15, 0.2) is 6.10 Å². The summed E-state index contributed by atoms with van der Waals surface area (Å²) < 4.78 is 16.9. The molecule has 0 unspecified atom stereocenters. The number of esters is 3. The van der Waals surface area contributed by atoms with E-state index in [1.54, 1.807) is 0 Å². The summed E-state index contributed by atoms with van der Waals surface area (Å²) >= 11 is 0. The zero-order valence-electron chi connectivity index (χ0n) is 47.5. The van der Waals surface area contributed by atoms with E-state index in [2.05, 4.69) is 69.4 Å². The van der Waals surface area contributed by atoms with Crippen molar-refractivity contribution in [3.8, 4) is 0 Å². The molecule has 0 saturated heterocycles. The molecule has 0 saturated carbocycles. The summed E-state index contributed by atoms with van der Waals surface area (Å²) in [5, 5.41) is 0. The van der Waals surface area contributed by atoms with Crippen LogP contribution in [0, 0.1) is 0 Å². The van der Waals surface area contributed by atoms with Crippen LogP contribution in [0.1, 0.15) is 329 Å². The predicted octanol–water partition coefficient (Wildman–Crippen LogP) is 21.0. The minimum atomic E-state index is -0.781. The fourth-order valence-electron chi connectivity index (χ4n) is 9.09. The second kappa shape index (κ2) is 59.9. The molecule has 6 nitrogen and oxygen atoms in total. The van der Waals surface area contributed by atoms with Gasteiger partial charge in [-0.2, -0.15) is 0 Å². The van der Waals surface area contributed by atoms with Gasteiger partial charge in [0, 0.05) is 19.3 Å². The van der Waals surface area contributed by atoms with Crippen LogP contribution in [0.4, 0.5) is 0 Å². The van der Waals surface area contributed by atoms with E-state index in [4.69, 9.17) is 14.2 Å². The molecule has 0 spiro atoms. The molecule has 0 aromatic carbocycles. The van der Waals surface area contributed by atoms with Crippen LogP contribution in [0.2, 0.25) is 0 Å². The number of hydrogen-bond acceptors (Lipinski definition) is 6. The summed E-state index contributed by atoms with van der Waals surface area (Å²) in [6.07, 6.45) is 73.9. The van der Waals surface area contributed by atoms with Crippen LogP contribution in [0.15, 0.2) is 48.6 Å². The Balaban J connectivity index is 4.36. The van der Waals surface area contributed by atoms with Crippen molar-refractivity contribution < 1.29 is 28.6 Å². The van der Waals surface area contributed by atoms with E-state index >= 15 is 0 Å². The highest BCUT2D eigenvalue weighted by molar-refractivity contribution is 5.71. The molecule has 0 aromatic heterocycles. The lowest BCUT2D eigenvalue weighted by Crippen LogP contribution is -2.30. The van der Waals surface area contributed by atoms with Crippen molar-refractivity contribution in [2.45, 2.75) is 335 Å². The number of unbranched alkanes of at least 4 members (excludes halogenated alkanes) is 38. The molecule has 0 aromatic rings. The largest absolute Gasteiger partial charge is 0.462 e. The standard InChI is InChI=1S/C65H118O6/c1-4-7-10-13-16-19-22-25-28-30-31-32-33-35-38-41-44-47-50-53-56-59-65(68)71-62(60-69-63(66)57-54-51-48-45-42-39-36-27-24-21-18-15-12-9-6-3)61-70-64(67)58-55-52-49-46-43-40-37-34-29-26-23-20-17-14-11-8-5-2/h17,20,25-26,28-29,37,40,62H,4-16,18-19,21-24,27,30-36,38-39,41-61H2,1-3H3/b20-17-,28-25-,29-26-,40-37-/t62-/m0/s1. The SMILES string of the molecule is CCCCC/C=C\C/C=C\C/C=C\CCCCCCC(=O)OC[C@H](COC(=O)CCCCCCCCCCCCCCCCC)OC(=O)CCCCCCCCCCCCC/C=C\CCCCCCCC. The first kappa shape index (κ1) is 68.4. The molecule has 0 N–H and O–H groups in total. The Morgan fingerprint density at radius 1 is 0.282 bits per heavy atom. The smallest absolute Gasteiger partial charge is 0.306 e. The van der Waals surface area contributed by atoms with Crippen molar-refractivity contribution >= 4 is 17.9 Å². The quantitative estimate of drug-likeness (QED) is 0.0261. The molecule has 0 radical (unpaired) electrons. The van der Waals surface area contributed by atoms with E-state index in [-0.39, 0.29) is 31.1 Å². The first-order valence-corrected chi connectivity index (χ1v) is 31.1. The average molecular weight is 996 g/mol. The Hall–Kier alpha value is -2.63. The van der Waals surface area contributed by atoms with Crippen LogP contribution in [0.25, 0.3) is 0 Å². The minimum absolute atomic E-state index is 0.0770. The summed E-state index contributed by atoms with van der Waals surface area (Å²) in [5.74, 6) is -0.881. The van der Waals surface area contributed by atoms with Gasteiger partial charge in [0.1, 0.15) is 13.2 Å². The summed E-state index contributed by atoms with van der Waals surface area (Å²) in [7, 11) is 0. The molecule has 0 aliphatic heterocycles. The van der Waals surface area contributed by atoms with Gasteiger partial charge >= 0.3 is 17.9 Å². The Morgan fingerprint density at radius 2 is 0.507 bits per heavy atom. The van der Waals surface area contributed by atoms with Crippen molar-refractivity contribution in [3.63, 3.8) is 0 Å². The van der Waals surface area contributed by atoms with Crippen LogP contribution >= 0.6 is 0 Å². The Morgan fingerprint density at radius 3 is 0.831 bits per heavy atom. The number of rotatable bonds is 57. The lowest BCUT2D eigenvalue weighted by Gasteiger charge is -2.18. The van der Waals surface area contributed by atoms with E-state index in [0.717, 1.165) is 83.5 Å². The second-order valence-corrected chi connectivity index (χ2v) is 21.0.